The van der Waals surface area contributed by atoms with Gasteiger partial charge in [-0.1, -0.05) is 25.5 Å². The van der Waals surface area contributed by atoms with Gasteiger partial charge in [-0.25, -0.2) is 9.78 Å². The highest BCUT2D eigenvalue weighted by molar-refractivity contribution is 7.26. The molecule has 25 heavy (non-hydrogen) atoms. The number of carbonyl (C=O) groups excluding carboxylic acids is 2. The van der Waals surface area contributed by atoms with Crippen molar-refractivity contribution < 1.29 is 14.3 Å². The van der Waals surface area contributed by atoms with Crippen molar-refractivity contribution in [1.29, 1.82) is 0 Å². The molecule has 3 aromatic rings. The summed E-state index contributed by atoms with van der Waals surface area (Å²) in [5, 5.41) is 3.59. The minimum atomic E-state index is -0.483. The second-order valence-corrected chi connectivity index (χ2v) is 7.54. The first-order valence-corrected chi connectivity index (χ1v) is 9.70. The van der Waals surface area contributed by atoms with E-state index in [4.69, 9.17) is 4.74 Å². The van der Waals surface area contributed by atoms with Crippen LogP contribution in [0.15, 0.2) is 36.4 Å². The predicted octanol–water partition coefficient (Wildman–Crippen LogP) is 4.10. The van der Waals surface area contributed by atoms with Crippen LogP contribution in [0.5, 0.6) is 0 Å². The molecule has 2 aromatic heterocycles. The van der Waals surface area contributed by atoms with E-state index in [1.54, 1.807) is 17.4 Å². The fourth-order valence-corrected chi connectivity index (χ4v) is 4.12. The number of unbranched alkanes of at least 4 members (excludes halogenated alkanes) is 1. The lowest BCUT2D eigenvalue weighted by molar-refractivity contribution is -0.124. The zero-order valence-corrected chi connectivity index (χ0v) is 15.4. The molecule has 0 unspecified atom stereocenters. The van der Waals surface area contributed by atoms with Gasteiger partial charge in [0.05, 0.1) is 15.1 Å². The largest absolute Gasteiger partial charge is 0.451 e. The number of hydrogen-bond acceptors (Lipinski definition) is 6. The second kappa shape index (κ2) is 8.22. The van der Waals surface area contributed by atoms with Crippen molar-refractivity contribution in [2.75, 3.05) is 13.2 Å². The molecule has 0 aliphatic rings. The third kappa shape index (κ3) is 4.43. The van der Waals surface area contributed by atoms with Crippen molar-refractivity contribution in [2.45, 2.75) is 19.8 Å². The van der Waals surface area contributed by atoms with Gasteiger partial charge >= 0.3 is 5.97 Å². The number of amides is 1. The zero-order chi connectivity index (χ0) is 17.6. The minimum absolute atomic E-state index is 0.253. The molecule has 0 fully saturated rings. The van der Waals surface area contributed by atoms with Crippen LogP contribution in [0.4, 0.5) is 0 Å². The Bertz CT molecular complexity index is 852. The van der Waals surface area contributed by atoms with Gasteiger partial charge in [-0.15, -0.1) is 22.7 Å². The molecule has 0 spiro atoms. The summed E-state index contributed by atoms with van der Waals surface area (Å²) in [5.74, 6) is -0.757. The molecule has 0 saturated heterocycles. The SMILES string of the molecule is CCCCNC(=O)COC(=O)c1ccc(-c2nc3ccccc3s2)s1. The Balaban J connectivity index is 1.60. The molecule has 0 bridgehead atoms. The van der Waals surface area contributed by atoms with Gasteiger partial charge in [-0.3, -0.25) is 4.79 Å². The van der Waals surface area contributed by atoms with Crippen molar-refractivity contribution in [2.24, 2.45) is 0 Å². The summed E-state index contributed by atoms with van der Waals surface area (Å²) in [7, 11) is 0. The van der Waals surface area contributed by atoms with Crippen molar-refractivity contribution in [1.82, 2.24) is 10.3 Å². The Hall–Kier alpha value is -2.25. The van der Waals surface area contributed by atoms with Gasteiger partial charge in [0.15, 0.2) is 6.61 Å². The molecule has 3 rings (SSSR count). The Kier molecular flexibility index (Phi) is 5.78. The van der Waals surface area contributed by atoms with E-state index in [0.717, 1.165) is 32.9 Å². The molecule has 1 aromatic carbocycles. The van der Waals surface area contributed by atoms with Gasteiger partial charge in [-0.05, 0) is 30.7 Å². The number of rotatable bonds is 7. The maximum atomic E-state index is 12.1. The number of carbonyl (C=O) groups is 2. The second-order valence-electron chi connectivity index (χ2n) is 5.43. The van der Waals surface area contributed by atoms with E-state index in [2.05, 4.69) is 10.3 Å². The summed E-state index contributed by atoms with van der Waals surface area (Å²) < 4.78 is 6.18. The van der Waals surface area contributed by atoms with Crippen LogP contribution >= 0.6 is 22.7 Å². The highest BCUT2D eigenvalue weighted by atomic mass is 32.1. The van der Waals surface area contributed by atoms with Crippen LogP contribution in [-0.4, -0.2) is 30.0 Å². The molecule has 1 amide bonds. The molecule has 2 heterocycles. The first-order valence-electron chi connectivity index (χ1n) is 8.07. The van der Waals surface area contributed by atoms with E-state index in [9.17, 15) is 9.59 Å². The van der Waals surface area contributed by atoms with Crippen LogP contribution in [-0.2, 0) is 9.53 Å². The van der Waals surface area contributed by atoms with Gasteiger partial charge < -0.3 is 10.1 Å². The fraction of sp³-hybridized carbons (Fsp3) is 0.278. The predicted molar refractivity (Wildman–Crippen MR) is 101 cm³/mol. The number of thiophene rings is 1. The maximum Gasteiger partial charge on any atom is 0.348 e. The average molecular weight is 374 g/mol. The number of thiazole rings is 1. The smallest absolute Gasteiger partial charge is 0.348 e. The molecule has 5 nitrogen and oxygen atoms in total. The van der Waals surface area contributed by atoms with Gasteiger partial charge in [0.1, 0.15) is 9.88 Å². The molecule has 0 radical (unpaired) electrons. The van der Waals surface area contributed by atoms with Crippen LogP contribution in [0.3, 0.4) is 0 Å². The summed E-state index contributed by atoms with van der Waals surface area (Å²) in [6.07, 6.45) is 1.92. The van der Waals surface area contributed by atoms with Crippen LogP contribution in [0, 0.1) is 0 Å². The lowest BCUT2D eigenvalue weighted by Crippen LogP contribution is -2.29. The van der Waals surface area contributed by atoms with E-state index in [0.29, 0.717) is 11.4 Å². The quantitative estimate of drug-likeness (QED) is 0.499. The molecule has 0 atom stereocenters. The lowest BCUT2D eigenvalue weighted by atomic mass is 10.3. The van der Waals surface area contributed by atoms with Crippen molar-refractivity contribution in [3.05, 3.63) is 41.3 Å². The molecular formula is C18H18N2O3S2. The van der Waals surface area contributed by atoms with E-state index in [1.165, 1.54) is 11.3 Å². The number of fused-ring (bicyclic) bond motifs is 1. The van der Waals surface area contributed by atoms with Crippen LogP contribution in [0.2, 0.25) is 0 Å². The van der Waals surface area contributed by atoms with Gasteiger partial charge in [0.25, 0.3) is 5.91 Å². The van der Waals surface area contributed by atoms with Crippen molar-refractivity contribution in [3.63, 3.8) is 0 Å². The standard InChI is InChI=1S/C18H18N2O3S2/c1-2-3-10-19-16(21)11-23-18(22)15-9-8-14(24-15)17-20-12-6-4-5-7-13(12)25-17/h4-9H,2-3,10-11H2,1H3,(H,19,21). The minimum Gasteiger partial charge on any atom is -0.451 e. The molecule has 0 aliphatic carbocycles. The average Bonchev–Trinajstić information content (AvgIpc) is 3.26. The Morgan fingerprint density at radius 1 is 1.16 bits per heavy atom. The fourth-order valence-electron chi connectivity index (χ4n) is 2.20. The van der Waals surface area contributed by atoms with E-state index in [1.807, 2.05) is 37.3 Å². The van der Waals surface area contributed by atoms with Crippen LogP contribution in [0.25, 0.3) is 20.1 Å². The first-order chi connectivity index (χ1) is 12.2. The van der Waals surface area contributed by atoms with E-state index in [-0.39, 0.29) is 12.5 Å². The molecule has 7 heteroatoms. The van der Waals surface area contributed by atoms with E-state index >= 15 is 0 Å². The monoisotopic (exact) mass is 374 g/mol. The third-order valence-corrected chi connectivity index (χ3v) is 5.77. The number of benzene rings is 1. The molecule has 1 N–H and O–H groups in total. The Morgan fingerprint density at radius 2 is 2.00 bits per heavy atom. The highest BCUT2D eigenvalue weighted by Gasteiger charge is 2.15. The number of esters is 1. The van der Waals surface area contributed by atoms with Gasteiger partial charge in [0, 0.05) is 6.54 Å². The summed E-state index contributed by atoms with van der Waals surface area (Å²) in [4.78, 5) is 29.6. The summed E-state index contributed by atoms with van der Waals surface area (Å²) in [6, 6.07) is 11.5. The molecule has 0 aliphatic heterocycles. The highest BCUT2D eigenvalue weighted by Crippen LogP contribution is 2.34. The topological polar surface area (TPSA) is 68.3 Å². The summed E-state index contributed by atoms with van der Waals surface area (Å²) in [5.41, 5.74) is 0.948. The van der Waals surface area contributed by atoms with E-state index < -0.39 is 5.97 Å². The van der Waals surface area contributed by atoms with Crippen molar-refractivity contribution >= 4 is 44.8 Å². The maximum absolute atomic E-state index is 12.1. The number of nitrogens with zero attached hydrogens (tertiary/aromatic N) is 1. The zero-order valence-electron chi connectivity index (χ0n) is 13.8. The first kappa shape index (κ1) is 17.6. The number of aromatic nitrogens is 1. The lowest BCUT2D eigenvalue weighted by Gasteiger charge is -2.04. The Morgan fingerprint density at radius 3 is 2.80 bits per heavy atom. The third-order valence-electron chi connectivity index (χ3n) is 3.50. The normalized spacial score (nSPS) is 10.8. The van der Waals surface area contributed by atoms with Crippen LogP contribution < -0.4 is 5.32 Å². The van der Waals surface area contributed by atoms with Gasteiger partial charge in [0.2, 0.25) is 0 Å². The molecule has 0 saturated carbocycles. The Labute approximate surface area is 153 Å². The number of ether oxygens (including phenoxy) is 1. The van der Waals surface area contributed by atoms with Gasteiger partial charge in [-0.2, -0.15) is 0 Å². The van der Waals surface area contributed by atoms with Crippen molar-refractivity contribution in [3.8, 4) is 9.88 Å². The summed E-state index contributed by atoms with van der Waals surface area (Å²) >= 11 is 2.91. The summed E-state index contributed by atoms with van der Waals surface area (Å²) in [6.45, 7) is 2.40. The van der Waals surface area contributed by atoms with Crippen LogP contribution in [0.1, 0.15) is 29.4 Å². The number of nitrogens with one attached hydrogen (secondary N) is 1. The number of para-hydroxylation sites is 1. The number of hydrogen-bond donors (Lipinski definition) is 1. The molecular weight excluding hydrogens is 356 g/mol. The molecule has 130 valence electrons.